The second kappa shape index (κ2) is 7.89. The van der Waals surface area contributed by atoms with Crippen molar-refractivity contribution in [2.75, 3.05) is 26.2 Å². The van der Waals surface area contributed by atoms with Crippen molar-refractivity contribution >= 4 is 23.2 Å². The van der Waals surface area contributed by atoms with Crippen LogP contribution < -0.4 is 5.32 Å². The summed E-state index contributed by atoms with van der Waals surface area (Å²) in [7, 11) is 0. The quantitative estimate of drug-likeness (QED) is 0.773. The number of aliphatic hydroxyl groups is 1. The lowest BCUT2D eigenvalue weighted by Crippen LogP contribution is -2.53. The molecule has 3 rings (SSSR count). The van der Waals surface area contributed by atoms with Crippen LogP contribution in [0.5, 0.6) is 0 Å². The van der Waals surface area contributed by atoms with Crippen molar-refractivity contribution in [1.82, 2.24) is 15.1 Å². The normalized spacial score (nSPS) is 25.1. The molecular formula is C20H31N3O3S. The van der Waals surface area contributed by atoms with Crippen molar-refractivity contribution in [3.05, 3.63) is 21.9 Å². The number of rotatable bonds is 6. The molecule has 2 aliphatic heterocycles. The van der Waals surface area contributed by atoms with E-state index in [-0.39, 0.29) is 11.8 Å². The molecule has 0 spiro atoms. The van der Waals surface area contributed by atoms with Gasteiger partial charge in [-0.2, -0.15) is 0 Å². The van der Waals surface area contributed by atoms with E-state index in [1.807, 2.05) is 13.8 Å². The van der Waals surface area contributed by atoms with Gasteiger partial charge in [0.05, 0.1) is 12.1 Å². The number of nitrogens with one attached hydrogen (secondary N) is 1. The fraction of sp³-hybridized carbons (Fsp3) is 0.700. The Morgan fingerprint density at radius 1 is 1.41 bits per heavy atom. The molecule has 1 aromatic heterocycles. The highest BCUT2D eigenvalue weighted by atomic mass is 32.1. The zero-order chi connectivity index (χ0) is 19.7. The maximum Gasteiger partial charge on any atom is 0.254 e. The van der Waals surface area contributed by atoms with Crippen LogP contribution in [0.25, 0.3) is 0 Å². The van der Waals surface area contributed by atoms with Crippen LogP contribution in [0.15, 0.2) is 11.4 Å². The predicted octanol–water partition coefficient (Wildman–Crippen LogP) is 1.76. The molecule has 150 valence electrons. The summed E-state index contributed by atoms with van der Waals surface area (Å²) in [6.45, 7) is 8.66. The van der Waals surface area contributed by atoms with Gasteiger partial charge in [-0.25, -0.2) is 0 Å². The summed E-state index contributed by atoms with van der Waals surface area (Å²) in [6, 6.07) is 2.15. The van der Waals surface area contributed by atoms with Crippen molar-refractivity contribution < 1.29 is 14.7 Å². The molecule has 2 amide bonds. The first-order chi connectivity index (χ1) is 12.7. The lowest BCUT2D eigenvalue weighted by atomic mass is 9.98. The third-order valence-electron chi connectivity index (χ3n) is 5.65. The number of hydrogen-bond acceptors (Lipinski definition) is 5. The molecule has 1 fully saturated rings. The van der Waals surface area contributed by atoms with Crippen LogP contribution in [0.4, 0.5) is 0 Å². The van der Waals surface area contributed by atoms with E-state index in [2.05, 4.69) is 21.7 Å². The van der Waals surface area contributed by atoms with Crippen LogP contribution in [0, 0.1) is 0 Å². The van der Waals surface area contributed by atoms with Gasteiger partial charge >= 0.3 is 0 Å². The van der Waals surface area contributed by atoms with Crippen molar-refractivity contribution in [1.29, 1.82) is 0 Å². The summed E-state index contributed by atoms with van der Waals surface area (Å²) in [5.74, 6) is -0.228. The Labute approximate surface area is 165 Å². The monoisotopic (exact) mass is 393 g/mol. The molecule has 2 aliphatic rings. The Morgan fingerprint density at radius 2 is 2.19 bits per heavy atom. The summed E-state index contributed by atoms with van der Waals surface area (Å²) in [4.78, 5) is 30.5. The fourth-order valence-electron chi connectivity index (χ4n) is 4.19. The van der Waals surface area contributed by atoms with Gasteiger partial charge in [0.2, 0.25) is 5.91 Å². The van der Waals surface area contributed by atoms with Crippen molar-refractivity contribution in [3.63, 3.8) is 0 Å². The van der Waals surface area contributed by atoms with Gasteiger partial charge in [0, 0.05) is 31.1 Å². The molecular weight excluding hydrogens is 362 g/mol. The van der Waals surface area contributed by atoms with E-state index in [4.69, 9.17) is 0 Å². The highest BCUT2D eigenvalue weighted by Crippen LogP contribution is 2.26. The Balaban J connectivity index is 1.52. The van der Waals surface area contributed by atoms with E-state index in [1.54, 1.807) is 23.2 Å². The van der Waals surface area contributed by atoms with E-state index >= 15 is 0 Å². The van der Waals surface area contributed by atoms with E-state index < -0.39 is 11.1 Å². The molecule has 3 heterocycles. The molecule has 1 unspecified atom stereocenters. The smallest absolute Gasteiger partial charge is 0.254 e. The second-order valence-electron chi connectivity index (χ2n) is 8.44. The highest BCUT2D eigenvalue weighted by molar-refractivity contribution is 7.10. The van der Waals surface area contributed by atoms with Crippen LogP contribution in [-0.2, 0) is 22.6 Å². The lowest BCUT2D eigenvalue weighted by molar-refractivity contribution is -0.149. The lowest BCUT2D eigenvalue weighted by Gasteiger charge is -2.31. The molecule has 7 heteroatoms. The van der Waals surface area contributed by atoms with Gasteiger partial charge < -0.3 is 15.3 Å². The van der Waals surface area contributed by atoms with Crippen molar-refractivity contribution in [2.24, 2.45) is 0 Å². The van der Waals surface area contributed by atoms with Gasteiger partial charge in [0.1, 0.15) is 5.60 Å². The standard InChI is InChI=1S/C20H31N3O3S/c1-4-7-20(3,26)18(25)23-10-8-19(2,14-23)21-17(24)13-22-9-5-16-15(12-22)6-11-27-16/h6,11,26H,4-5,7-10,12-14H2,1-3H3,(H,21,24)/t19-,20?/m0/s1. The number of hydrogen-bond donors (Lipinski definition) is 2. The van der Waals surface area contributed by atoms with Crippen LogP contribution in [0.1, 0.15) is 50.5 Å². The third-order valence-corrected chi connectivity index (χ3v) is 6.68. The summed E-state index contributed by atoms with van der Waals surface area (Å²) < 4.78 is 0. The molecule has 1 saturated heterocycles. The zero-order valence-corrected chi connectivity index (χ0v) is 17.4. The average molecular weight is 394 g/mol. The second-order valence-corrected chi connectivity index (χ2v) is 9.44. The van der Waals surface area contributed by atoms with Gasteiger partial charge in [0.15, 0.2) is 0 Å². The maximum atomic E-state index is 12.6. The molecule has 27 heavy (non-hydrogen) atoms. The molecule has 0 aliphatic carbocycles. The Kier molecular flexibility index (Phi) is 5.93. The average Bonchev–Trinajstić information content (AvgIpc) is 3.20. The van der Waals surface area contributed by atoms with E-state index in [1.165, 1.54) is 10.4 Å². The zero-order valence-electron chi connectivity index (χ0n) is 16.6. The molecule has 0 aromatic carbocycles. The number of likely N-dealkylation sites (tertiary alicyclic amines) is 1. The predicted molar refractivity (Wildman–Crippen MR) is 107 cm³/mol. The van der Waals surface area contributed by atoms with Gasteiger partial charge in [-0.1, -0.05) is 13.3 Å². The Hall–Kier alpha value is -1.44. The SMILES string of the molecule is CCCC(C)(O)C(=O)N1CC[C@](C)(NC(=O)CN2CCc3sccc3C2)C1. The first-order valence-electron chi connectivity index (χ1n) is 9.83. The van der Waals surface area contributed by atoms with Crippen LogP contribution in [0.2, 0.25) is 0 Å². The van der Waals surface area contributed by atoms with Crippen LogP contribution in [0.3, 0.4) is 0 Å². The van der Waals surface area contributed by atoms with Gasteiger partial charge in [-0.3, -0.25) is 14.5 Å². The molecule has 6 nitrogen and oxygen atoms in total. The minimum absolute atomic E-state index is 0.00537. The number of thiophene rings is 1. The van der Waals surface area contributed by atoms with Gasteiger partial charge in [-0.05, 0) is 50.1 Å². The number of carbonyl (C=O) groups excluding carboxylic acids is 2. The summed E-state index contributed by atoms with van der Waals surface area (Å²) in [5.41, 5.74) is -0.421. The minimum Gasteiger partial charge on any atom is -0.380 e. The van der Waals surface area contributed by atoms with Crippen molar-refractivity contribution in [2.45, 2.75) is 64.1 Å². The number of carbonyl (C=O) groups is 2. The van der Waals surface area contributed by atoms with E-state index in [9.17, 15) is 14.7 Å². The summed E-state index contributed by atoms with van der Waals surface area (Å²) in [5, 5.41) is 15.6. The minimum atomic E-state index is -1.32. The first-order valence-corrected chi connectivity index (χ1v) is 10.7. The third kappa shape index (κ3) is 4.70. The van der Waals surface area contributed by atoms with Crippen LogP contribution in [-0.4, -0.2) is 64.0 Å². The molecule has 0 radical (unpaired) electrons. The van der Waals surface area contributed by atoms with E-state index in [0.717, 1.165) is 25.9 Å². The highest BCUT2D eigenvalue weighted by Gasteiger charge is 2.42. The fourth-order valence-corrected chi connectivity index (χ4v) is 5.08. The largest absolute Gasteiger partial charge is 0.380 e. The molecule has 0 bridgehead atoms. The number of amides is 2. The maximum absolute atomic E-state index is 12.6. The van der Waals surface area contributed by atoms with E-state index in [0.29, 0.717) is 32.5 Å². The number of fused-ring (bicyclic) bond motifs is 1. The van der Waals surface area contributed by atoms with Gasteiger partial charge in [0.25, 0.3) is 5.91 Å². The molecule has 0 saturated carbocycles. The summed E-state index contributed by atoms with van der Waals surface area (Å²) >= 11 is 1.79. The first kappa shape index (κ1) is 20.3. The molecule has 1 aromatic rings. The molecule has 2 N–H and O–H groups in total. The Morgan fingerprint density at radius 3 is 2.93 bits per heavy atom. The van der Waals surface area contributed by atoms with Crippen LogP contribution >= 0.6 is 11.3 Å². The number of nitrogens with zero attached hydrogens (tertiary/aromatic N) is 2. The van der Waals surface area contributed by atoms with Crippen molar-refractivity contribution in [3.8, 4) is 0 Å². The molecule has 2 atom stereocenters. The summed E-state index contributed by atoms with van der Waals surface area (Å²) in [6.07, 6.45) is 2.92. The van der Waals surface area contributed by atoms with Gasteiger partial charge in [-0.15, -0.1) is 11.3 Å². The topological polar surface area (TPSA) is 72.9 Å². The Bertz CT molecular complexity index is 702.